The largest absolute Gasteiger partial charge is 0.358 e. The van der Waals surface area contributed by atoms with E-state index in [1.165, 1.54) is 11.1 Å². The highest BCUT2D eigenvalue weighted by atomic mass is 32.1. The van der Waals surface area contributed by atoms with E-state index in [4.69, 9.17) is 12.2 Å². The summed E-state index contributed by atoms with van der Waals surface area (Å²) in [7, 11) is 0. The minimum atomic E-state index is 0.720. The van der Waals surface area contributed by atoms with Gasteiger partial charge in [0.25, 0.3) is 0 Å². The van der Waals surface area contributed by atoms with Crippen molar-refractivity contribution in [2.45, 2.75) is 13.1 Å². The van der Waals surface area contributed by atoms with Gasteiger partial charge in [-0.25, -0.2) is 0 Å². The van der Waals surface area contributed by atoms with Crippen LogP contribution < -0.4 is 10.2 Å². The molecule has 24 heavy (non-hydrogen) atoms. The number of benzene rings is 3. The van der Waals surface area contributed by atoms with Crippen LogP contribution in [0.25, 0.3) is 0 Å². The molecule has 3 heteroatoms. The van der Waals surface area contributed by atoms with Gasteiger partial charge < -0.3 is 10.2 Å². The highest BCUT2D eigenvalue weighted by molar-refractivity contribution is 7.80. The lowest BCUT2D eigenvalue weighted by atomic mass is 10.2. The van der Waals surface area contributed by atoms with Crippen molar-refractivity contribution in [3.05, 3.63) is 102 Å². The number of nitrogens with one attached hydrogen (secondary N) is 1. The average molecular weight is 332 g/mol. The average Bonchev–Trinajstić information content (AvgIpc) is 2.66. The lowest BCUT2D eigenvalue weighted by Crippen LogP contribution is -2.39. The van der Waals surface area contributed by atoms with E-state index in [0.29, 0.717) is 0 Å². The molecule has 3 aromatic carbocycles. The third kappa shape index (κ3) is 4.43. The van der Waals surface area contributed by atoms with Crippen molar-refractivity contribution in [3.8, 4) is 0 Å². The molecule has 3 aromatic rings. The second-order valence-electron chi connectivity index (χ2n) is 5.55. The highest BCUT2D eigenvalue weighted by Crippen LogP contribution is 2.17. The second kappa shape index (κ2) is 8.27. The topological polar surface area (TPSA) is 15.3 Å². The molecule has 0 aliphatic carbocycles. The van der Waals surface area contributed by atoms with E-state index in [0.717, 1.165) is 23.9 Å². The second-order valence-corrected chi connectivity index (χ2v) is 5.94. The smallest absolute Gasteiger partial charge is 0.174 e. The summed E-state index contributed by atoms with van der Waals surface area (Å²) in [4.78, 5) is 2.13. The van der Waals surface area contributed by atoms with Crippen LogP contribution in [-0.2, 0) is 13.1 Å². The first kappa shape index (κ1) is 16.2. The Bertz CT molecular complexity index is 758. The van der Waals surface area contributed by atoms with Gasteiger partial charge in [0.05, 0.1) is 6.54 Å². The number of thiocarbonyl (C=S) groups is 1. The maximum atomic E-state index is 5.67. The minimum absolute atomic E-state index is 0.720. The van der Waals surface area contributed by atoms with Gasteiger partial charge in [-0.05, 0) is 35.5 Å². The Kier molecular flexibility index (Phi) is 5.59. The number of hydrogen-bond acceptors (Lipinski definition) is 1. The van der Waals surface area contributed by atoms with E-state index in [-0.39, 0.29) is 0 Å². The van der Waals surface area contributed by atoms with Crippen LogP contribution in [0.15, 0.2) is 91.0 Å². The summed E-state index contributed by atoms with van der Waals surface area (Å²) in [6.45, 7) is 1.46. The number of hydrogen-bond donors (Lipinski definition) is 1. The van der Waals surface area contributed by atoms with Crippen molar-refractivity contribution >= 4 is 23.0 Å². The van der Waals surface area contributed by atoms with Gasteiger partial charge in [0, 0.05) is 12.2 Å². The molecule has 0 aliphatic rings. The first-order valence-corrected chi connectivity index (χ1v) is 8.42. The van der Waals surface area contributed by atoms with Crippen molar-refractivity contribution in [2.24, 2.45) is 0 Å². The molecule has 0 aliphatic heterocycles. The maximum absolute atomic E-state index is 5.67. The highest BCUT2D eigenvalue weighted by Gasteiger charge is 2.12. The third-order valence-corrected chi connectivity index (χ3v) is 4.15. The summed E-state index contributed by atoms with van der Waals surface area (Å²) >= 11 is 5.67. The summed E-state index contributed by atoms with van der Waals surface area (Å²) in [5, 5.41) is 4.11. The number of anilines is 1. The lowest BCUT2D eigenvalue weighted by molar-refractivity contribution is 0.878. The number of para-hydroxylation sites is 1. The molecular weight excluding hydrogens is 312 g/mol. The molecule has 0 heterocycles. The van der Waals surface area contributed by atoms with E-state index in [1.807, 2.05) is 42.5 Å². The van der Waals surface area contributed by atoms with Crippen molar-refractivity contribution < 1.29 is 0 Å². The van der Waals surface area contributed by atoms with Gasteiger partial charge in [0.2, 0.25) is 0 Å². The fourth-order valence-electron chi connectivity index (χ4n) is 2.52. The molecule has 0 fully saturated rings. The Morgan fingerprint density at radius 1 is 0.708 bits per heavy atom. The Morgan fingerprint density at radius 2 is 1.21 bits per heavy atom. The molecule has 2 nitrogen and oxygen atoms in total. The van der Waals surface area contributed by atoms with Crippen LogP contribution in [0.4, 0.5) is 5.69 Å². The predicted octanol–water partition coefficient (Wildman–Crippen LogP) is 4.77. The fourth-order valence-corrected chi connectivity index (χ4v) is 2.77. The van der Waals surface area contributed by atoms with Crippen LogP contribution >= 0.6 is 12.2 Å². The van der Waals surface area contributed by atoms with E-state index in [1.54, 1.807) is 0 Å². The molecule has 0 saturated carbocycles. The molecule has 120 valence electrons. The first-order chi connectivity index (χ1) is 11.8. The van der Waals surface area contributed by atoms with Crippen molar-refractivity contribution in [3.63, 3.8) is 0 Å². The van der Waals surface area contributed by atoms with Crippen LogP contribution in [-0.4, -0.2) is 5.11 Å². The zero-order valence-corrected chi connectivity index (χ0v) is 14.2. The van der Waals surface area contributed by atoms with Crippen LogP contribution in [0.2, 0.25) is 0 Å². The number of rotatable bonds is 5. The molecule has 0 spiro atoms. The number of nitrogens with zero attached hydrogens (tertiary/aromatic N) is 1. The van der Waals surface area contributed by atoms with Crippen LogP contribution in [0, 0.1) is 0 Å². The quantitative estimate of drug-likeness (QED) is 0.678. The van der Waals surface area contributed by atoms with Crippen molar-refractivity contribution in [1.29, 1.82) is 0 Å². The molecule has 3 rings (SSSR count). The van der Waals surface area contributed by atoms with E-state index in [9.17, 15) is 0 Å². The van der Waals surface area contributed by atoms with Crippen LogP contribution in [0.5, 0.6) is 0 Å². The summed E-state index contributed by atoms with van der Waals surface area (Å²) in [6.07, 6.45) is 0. The Hall–Kier alpha value is -2.65. The third-order valence-electron chi connectivity index (χ3n) is 3.78. The Balaban J connectivity index is 1.75. The molecule has 0 atom stereocenters. The van der Waals surface area contributed by atoms with Gasteiger partial charge in [0.15, 0.2) is 5.11 Å². The summed E-state index contributed by atoms with van der Waals surface area (Å²) < 4.78 is 0. The molecule has 1 N–H and O–H groups in total. The zero-order chi connectivity index (χ0) is 16.6. The van der Waals surface area contributed by atoms with Crippen LogP contribution in [0.3, 0.4) is 0 Å². The summed E-state index contributed by atoms with van der Waals surface area (Å²) in [5.74, 6) is 0. The lowest BCUT2D eigenvalue weighted by Gasteiger charge is -2.26. The molecule has 0 unspecified atom stereocenters. The van der Waals surface area contributed by atoms with Crippen LogP contribution in [0.1, 0.15) is 11.1 Å². The van der Waals surface area contributed by atoms with Gasteiger partial charge >= 0.3 is 0 Å². The fraction of sp³-hybridized carbons (Fsp3) is 0.0952. The van der Waals surface area contributed by atoms with Crippen molar-refractivity contribution in [1.82, 2.24) is 5.32 Å². The minimum Gasteiger partial charge on any atom is -0.358 e. The maximum Gasteiger partial charge on any atom is 0.174 e. The summed E-state index contributed by atoms with van der Waals surface area (Å²) in [6, 6.07) is 30.9. The normalized spacial score (nSPS) is 10.2. The molecule has 0 aromatic heterocycles. The standard InChI is InChI=1S/C21H20N2S/c24-21(22-16-18-10-4-1-5-11-18)23(20-14-8-3-9-15-20)17-19-12-6-2-7-13-19/h1-15H,16-17H2,(H,22,24). The van der Waals surface area contributed by atoms with E-state index < -0.39 is 0 Å². The van der Waals surface area contributed by atoms with Gasteiger partial charge in [-0.2, -0.15) is 0 Å². The van der Waals surface area contributed by atoms with Gasteiger partial charge in [0.1, 0.15) is 0 Å². The Morgan fingerprint density at radius 3 is 1.79 bits per heavy atom. The van der Waals surface area contributed by atoms with Gasteiger partial charge in [-0.15, -0.1) is 0 Å². The molecule has 0 radical (unpaired) electrons. The summed E-state index contributed by atoms with van der Waals surface area (Å²) in [5.41, 5.74) is 3.53. The first-order valence-electron chi connectivity index (χ1n) is 8.01. The molecule has 0 bridgehead atoms. The SMILES string of the molecule is S=C(NCc1ccccc1)N(Cc1ccccc1)c1ccccc1. The monoisotopic (exact) mass is 332 g/mol. The van der Waals surface area contributed by atoms with E-state index >= 15 is 0 Å². The predicted molar refractivity (Wildman–Crippen MR) is 105 cm³/mol. The van der Waals surface area contributed by atoms with E-state index in [2.05, 4.69) is 58.7 Å². The van der Waals surface area contributed by atoms with Crippen molar-refractivity contribution in [2.75, 3.05) is 4.90 Å². The Labute approximate surface area is 148 Å². The zero-order valence-electron chi connectivity index (χ0n) is 13.4. The van der Waals surface area contributed by atoms with Gasteiger partial charge in [-0.1, -0.05) is 78.9 Å². The molecule has 0 saturated heterocycles. The molecular formula is C21H20N2S. The molecule has 0 amide bonds. The van der Waals surface area contributed by atoms with Gasteiger partial charge in [-0.3, -0.25) is 0 Å².